The molecule has 0 spiro atoms. The lowest BCUT2D eigenvalue weighted by Crippen LogP contribution is -2.23. The van der Waals surface area contributed by atoms with E-state index in [2.05, 4.69) is 39.6 Å². The van der Waals surface area contributed by atoms with Crippen LogP contribution in [0.3, 0.4) is 0 Å². The van der Waals surface area contributed by atoms with Gasteiger partial charge in [-0.05, 0) is 30.9 Å². The highest BCUT2D eigenvalue weighted by atomic mass is 16.5. The van der Waals surface area contributed by atoms with Crippen molar-refractivity contribution in [3.8, 4) is 5.75 Å². The second kappa shape index (κ2) is 5.12. The number of nitrogens with one attached hydrogen (secondary N) is 2. The van der Waals surface area contributed by atoms with E-state index in [1.165, 1.54) is 22.2 Å². The van der Waals surface area contributed by atoms with Gasteiger partial charge in [0, 0.05) is 22.5 Å². The van der Waals surface area contributed by atoms with E-state index >= 15 is 0 Å². The fourth-order valence-electron chi connectivity index (χ4n) is 3.84. The van der Waals surface area contributed by atoms with E-state index in [0.29, 0.717) is 18.2 Å². The van der Waals surface area contributed by atoms with Crippen LogP contribution in [-0.2, 0) is 12.8 Å². The summed E-state index contributed by atoms with van der Waals surface area (Å²) in [6.07, 6.45) is 2.98. The molecule has 0 bridgehead atoms. The summed E-state index contributed by atoms with van der Waals surface area (Å²) in [6, 6.07) is 8.48. The molecule has 0 saturated carbocycles. The maximum absolute atomic E-state index is 6.09. The number of ether oxygens (including phenoxy) is 1. The van der Waals surface area contributed by atoms with Gasteiger partial charge >= 0.3 is 0 Å². The molecule has 0 fully saturated rings. The first-order valence-electron chi connectivity index (χ1n) is 8.42. The molecular formula is C18H19N5O. The molecule has 24 heavy (non-hydrogen) atoms. The first-order chi connectivity index (χ1) is 11.8. The van der Waals surface area contributed by atoms with Crippen molar-refractivity contribution in [3.63, 3.8) is 0 Å². The van der Waals surface area contributed by atoms with Crippen molar-refractivity contribution >= 4 is 22.5 Å². The van der Waals surface area contributed by atoms with Gasteiger partial charge in [-0.1, -0.05) is 18.2 Å². The normalized spacial score (nSPS) is 19.2. The highest BCUT2D eigenvalue weighted by molar-refractivity contribution is 5.85. The van der Waals surface area contributed by atoms with Crippen LogP contribution in [0.5, 0.6) is 5.75 Å². The molecule has 0 radical (unpaired) electrons. The number of aryl methyl sites for hydroxylation is 1. The summed E-state index contributed by atoms with van der Waals surface area (Å²) in [5, 5.41) is 4.57. The largest absolute Gasteiger partial charge is 0.485 e. The van der Waals surface area contributed by atoms with Gasteiger partial charge in [0.2, 0.25) is 5.75 Å². The van der Waals surface area contributed by atoms with E-state index in [4.69, 9.17) is 15.5 Å². The second-order valence-electron chi connectivity index (χ2n) is 6.49. The van der Waals surface area contributed by atoms with E-state index in [1.54, 1.807) is 0 Å². The molecule has 2 aliphatic rings. The van der Waals surface area contributed by atoms with Crippen LogP contribution in [0, 0.1) is 0 Å². The third kappa shape index (κ3) is 2.02. The Morgan fingerprint density at radius 1 is 1.21 bits per heavy atom. The van der Waals surface area contributed by atoms with Crippen LogP contribution >= 0.6 is 0 Å². The van der Waals surface area contributed by atoms with Crippen molar-refractivity contribution in [2.75, 3.05) is 24.2 Å². The predicted molar refractivity (Wildman–Crippen MR) is 93.5 cm³/mol. The van der Waals surface area contributed by atoms with E-state index < -0.39 is 0 Å². The molecular weight excluding hydrogens is 302 g/mol. The fourth-order valence-corrected chi connectivity index (χ4v) is 3.84. The van der Waals surface area contributed by atoms with Crippen molar-refractivity contribution in [3.05, 3.63) is 41.3 Å². The number of hydrogen-bond donors (Lipinski definition) is 3. The van der Waals surface area contributed by atoms with Gasteiger partial charge in [0.05, 0.1) is 6.54 Å². The zero-order valence-electron chi connectivity index (χ0n) is 13.3. The van der Waals surface area contributed by atoms with Crippen LogP contribution in [0.15, 0.2) is 24.3 Å². The van der Waals surface area contributed by atoms with Crippen LogP contribution in [-0.4, -0.2) is 28.1 Å². The molecule has 0 amide bonds. The summed E-state index contributed by atoms with van der Waals surface area (Å²) in [6.45, 7) is 1.35. The zero-order valence-corrected chi connectivity index (χ0v) is 13.3. The Kier molecular flexibility index (Phi) is 2.92. The highest BCUT2D eigenvalue weighted by Gasteiger charge is 2.27. The molecule has 1 atom stereocenters. The number of aromatic nitrogens is 3. The maximum Gasteiger partial charge on any atom is 0.204 e. The SMILES string of the molecule is Nc1nc([C@@H]2CCc3[nH]c4ccccc4c3C2)nc2c1OCCN2. The van der Waals surface area contributed by atoms with Gasteiger partial charge < -0.3 is 20.8 Å². The second-order valence-corrected chi connectivity index (χ2v) is 6.49. The lowest BCUT2D eigenvalue weighted by molar-refractivity contribution is 0.321. The number of nitrogens with two attached hydrogens (primary N) is 1. The Labute approximate surface area is 139 Å². The van der Waals surface area contributed by atoms with Crippen LogP contribution < -0.4 is 15.8 Å². The Morgan fingerprint density at radius 2 is 2.12 bits per heavy atom. The van der Waals surface area contributed by atoms with Crippen molar-refractivity contribution in [2.45, 2.75) is 25.2 Å². The van der Waals surface area contributed by atoms with Crippen molar-refractivity contribution in [1.82, 2.24) is 15.0 Å². The van der Waals surface area contributed by atoms with Crippen molar-refractivity contribution in [2.24, 2.45) is 0 Å². The number of hydrogen-bond acceptors (Lipinski definition) is 5. The molecule has 6 heteroatoms. The standard InChI is InChI=1S/C18H19N5O/c19-16-15-18(20-7-8-24-15)23-17(22-16)10-5-6-14-12(9-10)11-3-1-2-4-13(11)21-14/h1-4,10,21H,5-9H2,(H3,19,20,22,23)/t10-/m1/s1. The Bertz CT molecular complexity index is 933. The van der Waals surface area contributed by atoms with Crippen LogP contribution in [0.1, 0.15) is 29.4 Å². The molecule has 1 aliphatic heterocycles. The summed E-state index contributed by atoms with van der Waals surface area (Å²) < 4.78 is 5.58. The van der Waals surface area contributed by atoms with Gasteiger partial charge in [0.1, 0.15) is 12.4 Å². The predicted octanol–water partition coefficient (Wildman–Crippen LogP) is 2.62. The minimum Gasteiger partial charge on any atom is -0.485 e. The topological polar surface area (TPSA) is 88.9 Å². The lowest BCUT2D eigenvalue weighted by Gasteiger charge is -2.24. The van der Waals surface area contributed by atoms with Gasteiger partial charge in [-0.2, -0.15) is 0 Å². The molecule has 3 heterocycles. The molecule has 1 aliphatic carbocycles. The van der Waals surface area contributed by atoms with Gasteiger partial charge in [-0.3, -0.25) is 0 Å². The number of rotatable bonds is 1. The molecule has 5 rings (SSSR count). The highest BCUT2D eigenvalue weighted by Crippen LogP contribution is 2.38. The van der Waals surface area contributed by atoms with Crippen molar-refractivity contribution in [1.29, 1.82) is 0 Å². The summed E-state index contributed by atoms with van der Waals surface area (Å²) in [7, 11) is 0. The number of para-hydroxylation sites is 1. The maximum atomic E-state index is 6.09. The fraction of sp³-hybridized carbons (Fsp3) is 0.333. The average Bonchev–Trinajstić information content (AvgIpc) is 2.99. The number of anilines is 2. The van der Waals surface area contributed by atoms with E-state index in [9.17, 15) is 0 Å². The summed E-state index contributed by atoms with van der Waals surface area (Å²) >= 11 is 0. The number of fused-ring (bicyclic) bond motifs is 4. The minimum absolute atomic E-state index is 0.285. The van der Waals surface area contributed by atoms with Gasteiger partial charge in [0.15, 0.2) is 11.6 Å². The quantitative estimate of drug-likeness (QED) is 0.641. The molecule has 4 N–H and O–H groups in total. The summed E-state index contributed by atoms with van der Waals surface area (Å²) in [4.78, 5) is 12.8. The Morgan fingerprint density at radius 3 is 3.08 bits per heavy atom. The minimum atomic E-state index is 0.285. The third-order valence-electron chi connectivity index (χ3n) is 5.01. The first kappa shape index (κ1) is 13.7. The van der Waals surface area contributed by atoms with Gasteiger partial charge in [-0.25, -0.2) is 9.97 Å². The molecule has 0 unspecified atom stereocenters. The molecule has 2 aromatic heterocycles. The average molecular weight is 321 g/mol. The number of nitrogen functional groups attached to an aromatic ring is 1. The van der Waals surface area contributed by atoms with E-state index in [1.807, 2.05) is 0 Å². The molecule has 1 aromatic carbocycles. The number of nitrogens with zero attached hydrogens (tertiary/aromatic N) is 2. The van der Waals surface area contributed by atoms with Gasteiger partial charge in [0.25, 0.3) is 0 Å². The molecule has 0 saturated heterocycles. The molecule has 122 valence electrons. The third-order valence-corrected chi connectivity index (χ3v) is 5.01. The van der Waals surface area contributed by atoms with Crippen LogP contribution in [0.4, 0.5) is 11.6 Å². The smallest absolute Gasteiger partial charge is 0.204 e. The van der Waals surface area contributed by atoms with Crippen molar-refractivity contribution < 1.29 is 4.74 Å². The Hall–Kier alpha value is -2.76. The monoisotopic (exact) mass is 321 g/mol. The molecule has 3 aromatic rings. The van der Waals surface area contributed by atoms with Crippen LogP contribution in [0.2, 0.25) is 0 Å². The molecule has 6 nitrogen and oxygen atoms in total. The Balaban J connectivity index is 1.54. The van der Waals surface area contributed by atoms with Crippen LogP contribution in [0.25, 0.3) is 10.9 Å². The van der Waals surface area contributed by atoms with E-state index in [-0.39, 0.29) is 5.92 Å². The summed E-state index contributed by atoms with van der Waals surface area (Å²) in [5.74, 6) is 2.86. The first-order valence-corrected chi connectivity index (χ1v) is 8.42. The van der Waals surface area contributed by atoms with Gasteiger partial charge in [-0.15, -0.1) is 0 Å². The number of aromatic amines is 1. The summed E-state index contributed by atoms with van der Waals surface area (Å²) in [5.41, 5.74) is 10.0. The number of H-pyrrole nitrogens is 1. The van der Waals surface area contributed by atoms with E-state index in [0.717, 1.165) is 37.4 Å². The zero-order chi connectivity index (χ0) is 16.1. The lowest BCUT2D eigenvalue weighted by atomic mass is 9.86. The number of benzene rings is 1.